The van der Waals surface area contributed by atoms with Crippen LogP contribution >= 0.6 is 0 Å². The first-order chi connectivity index (χ1) is 11.8. The van der Waals surface area contributed by atoms with Crippen LogP contribution in [-0.4, -0.2) is 18.8 Å². The lowest BCUT2D eigenvalue weighted by molar-refractivity contribution is -0.143. The molecule has 0 fully saturated rings. The Labute approximate surface area is 149 Å². The highest BCUT2D eigenvalue weighted by Crippen LogP contribution is 2.10. The van der Waals surface area contributed by atoms with Gasteiger partial charge in [0.2, 0.25) is 0 Å². The van der Waals surface area contributed by atoms with Crippen molar-refractivity contribution in [2.24, 2.45) is 0 Å². The second-order valence-corrected chi connectivity index (χ2v) is 6.55. The van der Waals surface area contributed by atoms with Gasteiger partial charge in [0, 0.05) is 12.8 Å². The molecule has 0 bridgehead atoms. The van der Waals surface area contributed by atoms with E-state index in [-0.39, 0.29) is 5.97 Å². The molecular weight excluding hydrogens is 298 g/mol. The number of rotatable bonds is 18. The van der Waals surface area contributed by atoms with Crippen molar-refractivity contribution in [3.05, 3.63) is 12.2 Å². The Hall–Kier alpha value is -1.12. The summed E-state index contributed by atoms with van der Waals surface area (Å²) in [4.78, 5) is 11.3. The van der Waals surface area contributed by atoms with Gasteiger partial charge in [0.1, 0.15) is 0 Å². The molecule has 1 N–H and O–H groups in total. The number of carbonyl (C=O) groups is 1. The lowest BCUT2D eigenvalue weighted by Crippen LogP contribution is -2.05. The number of unbranched alkanes of at least 4 members (excludes halogenated alkanes) is 11. The van der Waals surface area contributed by atoms with Gasteiger partial charge in [0.25, 0.3) is 0 Å². The van der Waals surface area contributed by atoms with Gasteiger partial charge in [-0.25, -0.2) is 0 Å². The van der Waals surface area contributed by atoms with Crippen LogP contribution in [0.2, 0.25) is 0 Å². The maximum atomic E-state index is 11.3. The third kappa shape index (κ3) is 18.9. The maximum absolute atomic E-state index is 11.3. The lowest BCUT2D eigenvalue weighted by Gasteiger charge is -2.03. The van der Waals surface area contributed by atoms with Crippen LogP contribution in [0.15, 0.2) is 12.2 Å². The van der Waals surface area contributed by atoms with Gasteiger partial charge in [0.05, 0.1) is 6.61 Å². The van der Waals surface area contributed by atoms with Crippen molar-refractivity contribution in [3.8, 4) is 0 Å². The number of nitrogens with one attached hydrogen (secondary N) is 1. The molecule has 0 aromatic carbocycles. The summed E-state index contributed by atoms with van der Waals surface area (Å²) >= 11 is 0. The Morgan fingerprint density at radius 2 is 1.33 bits per heavy atom. The summed E-state index contributed by atoms with van der Waals surface area (Å²) in [5.74, 6) is -0.116. The number of ether oxygens (including phenoxy) is 1. The Kier molecular flexibility index (Phi) is 19.0. The Balaban J connectivity index is 3.17. The number of hydrogen-bond donors (Lipinski definition) is 1. The fraction of sp³-hybridized carbons (Fsp3) is 0.810. The summed E-state index contributed by atoms with van der Waals surface area (Å²) < 4.78 is 5.00. The molecule has 0 unspecified atom stereocenters. The van der Waals surface area contributed by atoms with E-state index in [0.717, 1.165) is 12.8 Å². The van der Waals surface area contributed by atoms with Crippen molar-refractivity contribution >= 4 is 12.2 Å². The minimum absolute atomic E-state index is 0.116. The molecule has 0 saturated heterocycles. The van der Waals surface area contributed by atoms with Gasteiger partial charge in [-0.1, -0.05) is 70.4 Å². The van der Waals surface area contributed by atoms with E-state index < -0.39 is 0 Å². The summed E-state index contributed by atoms with van der Waals surface area (Å²) in [7, 11) is 0. The molecule has 0 aliphatic rings. The number of allylic oxidation sites excluding steroid dienone is 2. The van der Waals surface area contributed by atoms with Gasteiger partial charge >= 0.3 is 5.97 Å². The van der Waals surface area contributed by atoms with Crippen molar-refractivity contribution < 1.29 is 9.53 Å². The number of hydrogen-bond acceptors (Lipinski definition) is 3. The molecule has 140 valence electrons. The smallest absolute Gasteiger partial charge is 0.305 e. The zero-order valence-corrected chi connectivity index (χ0v) is 15.9. The Bertz CT molecular complexity index is 313. The highest BCUT2D eigenvalue weighted by Gasteiger charge is 2.01. The monoisotopic (exact) mass is 337 g/mol. The van der Waals surface area contributed by atoms with E-state index in [1.165, 1.54) is 76.8 Å². The van der Waals surface area contributed by atoms with E-state index in [1.54, 1.807) is 0 Å². The first-order valence-corrected chi connectivity index (χ1v) is 10.1. The first kappa shape index (κ1) is 22.9. The largest absolute Gasteiger partial charge is 0.465 e. The zero-order valence-electron chi connectivity index (χ0n) is 15.9. The topological polar surface area (TPSA) is 50.2 Å². The maximum Gasteiger partial charge on any atom is 0.305 e. The number of esters is 1. The van der Waals surface area contributed by atoms with Crippen LogP contribution in [0.1, 0.15) is 103 Å². The van der Waals surface area contributed by atoms with Gasteiger partial charge in [-0.3, -0.25) is 4.79 Å². The highest BCUT2D eigenvalue weighted by molar-refractivity contribution is 5.69. The molecule has 0 saturated carbocycles. The molecule has 24 heavy (non-hydrogen) atoms. The quantitative estimate of drug-likeness (QED) is 0.132. The second-order valence-electron chi connectivity index (χ2n) is 6.55. The van der Waals surface area contributed by atoms with Crippen LogP contribution in [0, 0.1) is 5.41 Å². The molecule has 3 nitrogen and oxygen atoms in total. The predicted molar refractivity (Wildman–Crippen MR) is 104 cm³/mol. The summed E-state index contributed by atoms with van der Waals surface area (Å²) in [5, 5.41) is 6.85. The predicted octanol–water partition coefficient (Wildman–Crippen LogP) is 6.61. The Morgan fingerprint density at radius 3 is 1.92 bits per heavy atom. The molecule has 0 aromatic rings. The van der Waals surface area contributed by atoms with Crippen LogP contribution in [0.4, 0.5) is 0 Å². The van der Waals surface area contributed by atoms with Crippen molar-refractivity contribution in [1.82, 2.24) is 0 Å². The Morgan fingerprint density at radius 1 is 0.792 bits per heavy atom. The van der Waals surface area contributed by atoms with Gasteiger partial charge < -0.3 is 10.1 Å². The van der Waals surface area contributed by atoms with E-state index in [1.807, 2.05) is 0 Å². The zero-order chi connectivity index (χ0) is 17.7. The number of carbonyl (C=O) groups excluding carboxylic acids is 1. The molecule has 0 atom stereocenters. The van der Waals surface area contributed by atoms with Gasteiger partial charge in [-0.2, -0.15) is 0 Å². The van der Waals surface area contributed by atoms with Crippen molar-refractivity contribution in [3.63, 3.8) is 0 Å². The molecule has 0 aliphatic carbocycles. The normalized spacial score (nSPS) is 11.0. The standard InChI is InChI=1S/C21H39NO2/c1-2-3-4-5-6-7-8-9-10-11-12-13-14-15-16-18-21(23)24-20-17-19-22/h9-10,19,22H,2-8,11-18,20H2,1H3/b10-9-,22-19?. The van der Waals surface area contributed by atoms with Crippen molar-refractivity contribution in [2.75, 3.05) is 6.61 Å². The van der Waals surface area contributed by atoms with Crippen LogP contribution in [0.5, 0.6) is 0 Å². The van der Waals surface area contributed by atoms with Crippen molar-refractivity contribution in [2.45, 2.75) is 103 Å². The summed E-state index contributed by atoms with van der Waals surface area (Å²) in [6.07, 6.45) is 23.5. The summed E-state index contributed by atoms with van der Waals surface area (Å²) in [6, 6.07) is 0. The molecule has 0 radical (unpaired) electrons. The van der Waals surface area contributed by atoms with E-state index in [9.17, 15) is 4.79 Å². The summed E-state index contributed by atoms with van der Waals surface area (Å²) in [6.45, 7) is 2.62. The van der Waals surface area contributed by atoms with Gasteiger partial charge in [0.15, 0.2) is 0 Å². The summed E-state index contributed by atoms with van der Waals surface area (Å²) in [5.41, 5.74) is 0. The third-order valence-corrected chi connectivity index (χ3v) is 4.17. The second kappa shape index (κ2) is 19.9. The molecular formula is C21H39NO2. The molecule has 0 spiro atoms. The van der Waals surface area contributed by atoms with Crippen LogP contribution < -0.4 is 0 Å². The van der Waals surface area contributed by atoms with Gasteiger partial charge in [-0.05, 0) is 38.3 Å². The lowest BCUT2D eigenvalue weighted by atomic mass is 10.1. The molecule has 0 aliphatic heterocycles. The molecule has 0 heterocycles. The third-order valence-electron chi connectivity index (χ3n) is 4.17. The fourth-order valence-electron chi connectivity index (χ4n) is 2.64. The molecule has 3 heteroatoms. The van der Waals surface area contributed by atoms with Crippen LogP contribution in [0.3, 0.4) is 0 Å². The minimum atomic E-state index is -0.116. The van der Waals surface area contributed by atoms with Crippen molar-refractivity contribution in [1.29, 1.82) is 5.41 Å². The molecule has 0 rings (SSSR count). The fourth-order valence-corrected chi connectivity index (χ4v) is 2.64. The van der Waals surface area contributed by atoms with E-state index in [0.29, 0.717) is 19.4 Å². The first-order valence-electron chi connectivity index (χ1n) is 10.1. The van der Waals surface area contributed by atoms with E-state index >= 15 is 0 Å². The van der Waals surface area contributed by atoms with E-state index in [2.05, 4.69) is 19.1 Å². The van der Waals surface area contributed by atoms with E-state index in [4.69, 9.17) is 10.1 Å². The average Bonchev–Trinajstić information content (AvgIpc) is 2.58. The SMILES string of the molecule is CCCCCCCC/C=C\CCCCCCCC(=O)OCCC=N. The molecule has 0 aromatic heterocycles. The van der Waals surface area contributed by atoms with Crippen LogP contribution in [0.25, 0.3) is 0 Å². The molecule has 0 amide bonds. The average molecular weight is 338 g/mol. The minimum Gasteiger partial charge on any atom is -0.465 e. The highest BCUT2D eigenvalue weighted by atomic mass is 16.5. The van der Waals surface area contributed by atoms with Crippen LogP contribution in [-0.2, 0) is 9.53 Å². The van der Waals surface area contributed by atoms with Gasteiger partial charge in [-0.15, -0.1) is 0 Å².